The number of nitrogens with one attached hydrogen (secondary N) is 1. The van der Waals surface area contributed by atoms with E-state index in [1.807, 2.05) is 72.9 Å². The lowest BCUT2D eigenvalue weighted by molar-refractivity contribution is -0.112. The van der Waals surface area contributed by atoms with Gasteiger partial charge in [0.2, 0.25) is 0 Å². The molecule has 0 fully saturated rings. The summed E-state index contributed by atoms with van der Waals surface area (Å²) in [6, 6.07) is 21.3. The molecular formula is C22H15N5OS. The number of hydrogen-bond acceptors (Lipinski definition) is 5. The Morgan fingerprint density at radius 2 is 1.83 bits per heavy atom. The van der Waals surface area contributed by atoms with E-state index in [0.717, 1.165) is 11.3 Å². The average Bonchev–Trinajstić information content (AvgIpc) is 3.43. The summed E-state index contributed by atoms with van der Waals surface area (Å²) < 4.78 is 1.74. The van der Waals surface area contributed by atoms with E-state index in [1.54, 1.807) is 22.3 Å². The van der Waals surface area contributed by atoms with Gasteiger partial charge in [-0.15, -0.1) is 11.3 Å². The molecule has 29 heavy (non-hydrogen) atoms. The molecule has 0 saturated carbocycles. The number of thiazole rings is 1. The smallest absolute Gasteiger partial charge is 0.268 e. The van der Waals surface area contributed by atoms with Crippen LogP contribution >= 0.6 is 11.3 Å². The molecule has 0 spiro atoms. The summed E-state index contributed by atoms with van der Waals surface area (Å²) >= 11 is 1.29. The molecule has 6 nitrogen and oxygen atoms in total. The second kappa shape index (κ2) is 8.33. The van der Waals surface area contributed by atoms with E-state index >= 15 is 0 Å². The van der Waals surface area contributed by atoms with Gasteiger partial charge in [0.1, 0.15) is 11.6 Å². The lowest BCUT2D eigenvalue weighted by atomic mass is 10.1. The van der Waals surface area contributed by atoms with Gasteiger partial charge in [0.15, 0.2) is 5.13 Å². The standard InChI is InChI=1S/C22H15N5OS/c23-14-17(21(28)25-22-24-11-12-29-22)13-18-15-27(19-9-5-2-6-10-19)26-20(18)16-7-3-1-4-8-16/h1-13,15H,(H,24,25,28)/b17-13-. The second-order valence-electron chi connectivity index (χ2n) is 6.04. The minimum atomic E-state index is -0.506. The Kier molecular flexibility index (Phi) is 5.27. The fourth-order valence-electron chi connectivity index (χ4n) is 2.78. The summed E-state index contributed by atoms with van der Waals surface area (Å²) in [5.74, 6) is -0.506. The molecule has 0 aliphatic carbocycles. The molecule has 1 N–H and O–H groups in total. The summed E-state index contributed by atoms with van der Waals surface area (Å²) in [6.07, 6.45) is 4.96. The van der Waals surface area contributed by atoms with Crippen LogP contribution in [0.25, 0.3) is 23.0 Å². The van der Waals surface area contributed by atoms with Crippen molar-refractivity contribution in [3.63, 3.8) is 0 Å². The van der Waals surface area contributed by atoms with Gasteiger partial charge >= 0.3 is 0 Å². The predicted molar refractivity (Wildman–Crippen MR) is 113 cm³/mol. The van der Waals surface area contributed by atoms with Gasteiger partial charge in [0.25, 0.3) is 5.91 Å². The van der Waals surface area contributed by atoms with Crippen LogP contribution in [0.4, 0.5) is 5.13 Å². The highest BCUT2D eigenvalue weighted by atomic mass is 32.1. The minimum Gasteiger partial charge on any atom is -0.297 e. The maximum Gasteiger partial charge on any atom is 0.268 e. The van der Waals surface area contributed by atoms with E-state index in [4.69, 9.17) is 5.10 Å². The number of aromatic nitrogens is 3. The lowest BCUT2D eigenvalue weighted by Gasteiger charge is -2.01. The van der Waals surface area contributed by atoms with Crippen LogP contribution < -0.4 is 5.32 Å². The maximum atomic E-state index is 12.5. The number of hydrogen-bond donors (Lipinski definition) is 1. The zero-order valence-corrected chi connectivity index (χ0v) is 16.0. The SMILES string of the molecule is N#C/C(=C/c1cn(-c2ccccc2)nc1-c1ccccc1)C(=O)Nc1nccs1. The van der Waals surface area contributed by atoms with Gasteiger partial charge in [0.05, 0.1) is 11.4 Å². The largest absolute Gasteiger partial charge is 0.297 e. The Labute approximate surface area is 171 Å². The molecule has 1 amide bonds. The fourth-order valence-corrected chi connectivity index (χ4v) is 3.30. The first-order valence-corrected chi connectivity index (χ1v) is 9.66. The Balaban J connectivity index is 1.76. The minimum absolute atomic E-state index is 0.0232. The molecule has 0 radical (unpaired) electrons. The van der Waals surface area contributed by atoms with E-state index in [1.165, 1.54) is 11.3 Å². The van der Waals surface area contributed by atoms with Crippen molar-refractivity contribution >= 4 is 28.5 Å². The molecule has 2 aromatic heterocycles. The molecular weight excluding hydrogens is 382 g/mol. The molecule has 7 heteroatoms. The number of rotatable bonds is 5. The molecule has 2 aromatic carbocycles. The first-order valence-electron chi connectivity index (χ1n) is 8.78. The Morgan fingerprint density at radius 1 is 1.10 bits per heavy atom. The molecule has 2 heterocycles. The monoisotopic (exact) mass is 397 g/mol. The molecule has 4 rings (SSSR count). The Morgan fingerprint density at radius 3 is 2.48 bits per heavy atom. The van der Waals surface area contributed by atoms with E-state index < -0.39 is 5.91 Å². The van der Waals surface area contributed by atoms with Crippen molar-refractivity contribution in [1.82, 2.24) is 14.8 Å². The number of benzene rings is 2. The van der Waals surface area contributed by atoms with Crippen LogP contribution in [0.2, 0.25) is 0 Å². The van der Waals surface area contributed by atoms with E-state index in [-0.39, 0.29) is 5.57 Å². The topological polar surface area (TPSA) is 83.6 Å². The van der Waals surface area contributed by atoms with Crippen molar-refractivity contribution in [1.29, 1.82) is 5.26 Å². The van der Waals surface area contributed by atoms with E-state index in [0.29, 0.717) is 16.4 Å². The van der Waals surface area contributed by atoms with Crippen molar-refractivity contribution in [2.24, 2.45) is 0 Å². The highest BCUT2D eigenvalue weighted by Crippen LogP contribution is 2.26. The number of anilines is 1. The lowest BCUT2D eigenvalue weighted by Crippen LogP contribution is -2.13. The average molecular weight is 397 g/mol. The molecule has 0 atom stereocenters. The van der Waals surface area contributed by atoms with Gasteiger partial charge in [-0.25, -0.2) is 9.67 Å². The van der Waals surface area contributed by atoms with E-state index in [2.05, 4.69) is 10.3 Å². The first-order chi connectivity index (χ1) is 14.2. The highest BCUT2D eigenvalue weighted by molar-refractivity contribution is 7.13. The Bertz CT molecular complexity index is 1190. The predicted octanol–water partition coefficient (Wildman–Crippen LogP) is 4.54. The van der Waals surface area contributed by atoms with Gasteiger partial charge in [-0.1, -0.05) is 48.5 Å². The van der Waals surface area contributed by atoms with Gasteiger partial charge in [-0.3, -0.25) is 10.1 Å². The molecule has 4 aromatic rings. The quantitative estimate of drug-likeness (QED) is 0.396. The third-order valence-electron chi connectivity index (χ3n) is 4.13. The molecule has 0 aliphatic heterocycles. The summed E-state index contributed by atoms with van der Waals surface area (Å²) in [5, 5.41) is 19.1. The van der Waals surface area contributed by atoms with E-state index in [9.17, 15) is 10.1 Å². The second-order valence-corrected chi connectivity index (χ2v) is 6.93. The zero-order chi connectivity index (χ0) is 20.1. The Hall–Kier alpha value is -4.02. The molecule has 140 valence electrons. The van der Waals surface area contributed by atoms with Crippen LogP contribution in [0.1, 0.15) is 5.56 Å². The first kappa shape index (κ1) is 18.3. The summed E-state index contributed by atoms with van der Waals surface area (Å²) in [5.41, 5.74) is 3.11. The van der Waals surface area contributed by atoms with Crippen molar-refractivity contribution < 1.29 is 4.79 Å². The maximum absolute atomic E-state index is 12.5. The molecule has 0 unspecified atom stereocenters. The molecule has 0 bridgehead atoms. The van der Waals surface area contributed by atoms with Crippen LogP contribution in [0.3, 0.4) is 0 Å². The van der Waals surface area contributed by atoms with Crippen LogP contribution in [0.15, 0.2) is 84.0 Å². The normalized spacial score (nSPS) is 11.1. The third kappa shape index (κ3) is 4.13. The highest BCUT2D eigenvalue weighted by Gasteiger charge is 2.15. The zero-order valence-electron chi connectivity index (χ0n) is 15.2. The van der Waals surface area contributed by atoms with Crippen LogP contribution in [-0.2, 0) is 4.79 Å². The molecule has 0 saturated heterocycles. The van der Waals surface area contributed by atoms with Gasteiger partial charge < -0.3 is 0 Å². The summed E-state index contributed by atoms with van der Waals surface area (Å²) in [6.45, 7) is 0. The van der Waals surface area contributed by atoms with Gasteiger partial charge in [-0.2, -0.15) is 10.4 Å². The van der Waals surface area contributed by atoms with Crippen molar-refractivity contribution in [2.45, 2.75) is 0 Å². The number of para-hydroxylation sites is 1. The molecule has 0 aliphatic rings. The fraction of sp³-hybridized carbons (Fsp3) is 0. The summed E-state index contributed by atoms with van der Waals surface area (Å²) in [4.78, 5) is 16.5. The third-order valence-corrected chi connectivity index (χ3v) is 4.82. The van der Waals surface area contributed by atoms with Gasteiger partial charge in [0, 0.05) is 28.9 Å². The number of carbonyl (C=O) groups is 1. The van der Waals surface area contributed by atoms with Crippen molar-refractivity contribution in [3.8, 4) is 23.0 Å². The van der Waals surface area contributed by atoms with Gasteiger partial charge in [-0.05, 0) is 18.2 Å². The number of nitrogens with zero attached hydrogens (tertiary/aromatic N) is 4. The van der Waals surface area contributed by atoms with Crippen LogP contribution in [0.5, 0.6) is 0 Å². The summed E-state index contributed by atoms with van der Waals surface area (Å²) in [7, 11) is 0. The van der Waals surface area contributed by atoms with Crippen LogP contribution in [-0.4, -0.2) is 20.7 Å². The number of carbonyl (C=O) groups excluding carboxylic acids is 1. The van der Waals surface area contributed by atoms with Crippen molar-refractivity contribution in [3.05, 3.63) is 89.6 Å². The number of amides is 1. The number of nitriles is 1. The van der Waals surface area contributed by atoms with Crippen LogP contribution in [0, 0.1) is 11.3 Å². The van der Waals surface area contributed by atoms with Crippen molar-refractivity contribution in [2.75, 3.05) is 5.32 Å².